The number of carbonyl (C=O) groups is 1. The molecule has 0 aliphatic carbocycles. The highest BCUT2D eigenvalue weighted by Crippen LogP contribution is 2.20. The number of fused-ring (bicyclic) bond motifs is 1. The van der Waals surface area contributed by atoms with Crippen molar-refractivity contribution in [2.45, 2.75) is 6.92 Å². The number of likely N-dealkylation sites (N-methyl/N-ethyl adjacent to an activating group) is 1. The molecule has 2 heterocycles. The standard InChI is InChI=1S/C15H18N2O2/c1-2-16-7-9-17(10-8-16)15(18)14-11-12-5-3-4-6-13(12)19-14/h3-6,11H,2,7-10H2,1H3. The summed E-state index contributed by atoms with van der Waals surface area (Å²) in [7, 11) is 0. The normalized spacial score (nSPS) is 17.0. The second-order valence-electron chi connectivity index (χ2n) is 4.87. The fraction of sp³-hybridized carbons (Fsp3) is 0.400. The Labute approximate surface area is 112 Å². The van der Waals surface area contributed by atoms with E-state index in [-0.39, 0.29) is 5.91 Å². The summed E-state index contributed by atoms with van der Waals surface area (Å²) in [5, 5.41) is 0.984. The molecule has 4 heteroatoms. The first-order valence-electron chi connectivity index (χ1n) is 6.78. The third-order valence-electron chi connectivity index (χ3n) is 3.74. The number of para-hydroxylation sites is 1. The molecule has 1 aromatic carbocycles. The Morgan fingerprint density at radius 3 is 2.63 bits per heavy atom. The van der Waals surface area contributed by atoms with E-state index in [1.165, 1.54) is 0 Å². The molecule has 1 amide bonds. The molecule has 0 N–H and O–H groups in total. The zero-order chi connectivity index (χ0) is 13.2. The van der Waals surface area contributed by atoms with Crippen molar-refractivity contribution in [3.05, 3.63) is 36.1 Å². The van der Waals surface area contributed by atoms with E-state index in [0.717, 1.165) is 43.7 Å². The Balaban J connectivity index is 1.77. The highest BCUT2D eigenvalue weighted by atomic mass is 16.3. The van der Waals surface area contributed by atoms with Crippen molar-refractivity contribution in [2.75, 3.05) is 32.7 Å². The van der Waals surface area contributed by atoms with Crippen LogP contribution in [0.4, 0.5) is 0 Å². The lowest BCUT2D eigenvalue weighted by atomic mass is 10.2. The maximum Gasteiger partial charge on any atom is 0.289 e. The van der Waals surface area contributed by atoms with Crippen LogP contribution in [0.25, 0.3) is 11.0 Å². The number of nitrogens with zero attached hydrogens (tertiary/aromatic N) is 2. The number of benzene rings is 1. The second kappa shape index (κ2) is 5.05. The topological polar surface area (TPSA) is 36.7 Å². The van der Waals surface area contributed by atoms with E-state index < -0.39 is 0 Å². The predicted molar refractivity (Wildman–Crippen MR) is 74.2 cm³/mol. The monoisotopic (exact) mass is 258 g/mol. The third kappa shape index (κ3) is 2.36. The van der Waals surface area contributed by atoms with Crippen LogP contribution >= 0.6 is 0 Å². The van der Waals surface area contributed by atoms with Gasteiger partial charge in [-0.15, -0.1) is 0 Å². The molecule has 1 saturated heterocycles. The molecule has 0 radical (unpaired) electrons. The maximum atomic E-state index is 12.4. The molecule has 1 aromatic heterocycles. The third-order valence-corrected chi connectivity index (χ3v) is 3.74. The lowest BCUT2D eigenvalue weighted by Crippen LogP contribution is -2.48. The fourth-order valence-electron chi connectivity index (χ4n) is 2.51. The molecular formula is C15H18N2O2. The van der Waals surface area contributed by atoms with Gasteiger partial charge in [0, 0.05) is 31.6 Å². The molecule has 1 aliphatic heterocycles. The van der Waals surface area contributed by atoms with Gasteiger partial charge in [-0.2, -0.15) is 0 Å². The van der Waals surface area contributed by atoms with E-state index in [1.807, 2.05) is 35.2 Å². The summed E-state index contributed by atoms with van der Waals surface area (Å²) in [4.78, 5) is 16.6. The van der Waals surface area contributed by atoms with Crippen LogP contribution in [-0.4, -0.2) is 48.4 Å². The average molecular weight is 258 g/mol. The van der Waals surface area contributed by atoms with E-state index in [4.69, 9.17) is 4.42 Å². The summed E-state index contributed by atoms with van der Waals surface area (Å²) in [5.41, 5.74) is 0.776. The Kier molecular flexibility index (Phi) is 3.25. The summed E-state index contributed by atoms with van der Waals surface area (Å²) >= 11 is 0. The van der Waals surface area contributed by atoms with Crippen molar-refractivity contribution in [3.8, 4) is 0 Å². The quantitative estimate of drug-likeness (QED) is 0.828. The molecule has 3 rings (SSSR count). The molecule has 4 nitrogen and oxygen atoms in total. The van der Waals surface area contributed by atoms with Gasteiger partial charge >= 0.3 is 0 Å². The van der Waals surface area contributed by atoms with Gasteiger partial charge in [0.05, 0.1) is 0 Å². The molecule has 1 aliphatic rings. The molecule has 0 atom stereocenters. The second-order valence-corrected chi connectivity index (χ2v) is 4.87. The lowest BCUT2D eigenvalue weighted by molar-refractivity contribution is 0.0614. The number of hydrogen-bond acceptors (Lipinski definition) is 3. The van der Waals surface area contributed by atoms with E-state index in [2.05, 4.69) is 11.8 Å². The molecular weight excluding hydrogens is 240 g/mol. The number of amides is 1. The smallest absolute Gasteiger partial charge is 0.289 e. The van der Waals surface area contributed by atoms with Crippen molar-refractivity contribution < 1.29 is 9.21 Å². The highest BCUT2D eigenvalue weighted by Gasteiger charge is 2.23. The largest absolute Gasteiger partial charge is 0.451 e. The highest BCUT2D eigenvalue weighted by molar-refractivity contribution is 5.96. The molecule has 0 unspecified atom stereocenters. The van der Waals surface area contributed by atoms with Crippen LogP contribution in [0.15, 0.2) is 34.7 Å². The van der Waals surface area contributed by atoms with Crippen LogP contribution < -0.4 is 0 Å². The number of hydrogen-bond donors (Lipinski definition) is 0. The van der Waals surface area contributed by atoms with Crippen molar-refractivity contribution in [1.29, 1.82) is 0 Å². The molecule has 0 saturated carbocycles. The Morgan fingerprint density at radius 2 is 1.95 bits per heavy atom. The van der Waals surface area contributed by atoms with E-state index in [0.29, 0.717) is 5.76 Å². The number of carbonyl (C=O) groups excluding carboxylic acids is 1. The Bertz CT molecular complexity index is 550. The van der Waals surface area contributed by atoms with Crippen LogP contribution in [0, 0.1) is 0 Å². The zero-order valence-electron chi connectivity index (χ0n) is 11.1. The van der Waals surface area contributed by atoms with Crippen LogP contribution in [-0.2, 0) is 0 Å². The first kappa shape index (κ1) is 12.2. The summed E-state index contributed by atoms with van der Waals surface area (Å²) in [6, 6.07) is 9.56. The first-order chi connectivity index (χ1) is 9.28. The first-order valence-corrected chi connectivity index (χ1v) is 6.78. The fourth-order valence-corrected chi connectivity index (χ4v) is 2.51. The molecule has 19 heavy (non-hydrogen) atoms. The van der Waals surface area contributed by atoms with E-state index >= 15 is 0 Å². The summed E-state index contributed by atoms with van der Waals surface area (Å²) in [6.07, 6.45) is 0. The molecule has 0 spiro atoms. The van der Waals surface area contributed by atoms with Gasteiger partial charge in [-0.3, -0.25) is 4.79 Å². The van der Waals surface area contributed by atoms with Gasteiger partial charge in [0.15, 0.2) is 5.76 Å². The SMILES string of the molecule is CCN1CCN(C(=O)c2cc3ccccc3o2)CC1. The zero-order valence-corrected chi connectivity index (χ0v) is 11.1. The Morgan fingerprint density at radius 1 is 1.21 bits per heavy atom. The minimum Gasteiger partial charge on any atom is -0.451 e. The Hall–Kier alpha value is -1.81. The van der Waals surface area contributed by atoms with Crippen molar-refractivity contribution in [1.82, 2.24) is 9.80 Å². The van der Waals surface area contributed by atoms with Crippen LogP contribution in [0.2, 0.25) is 0 Å². The van der Waals surface area contributed by atoms with Gasteiger partial charge in [-0.05, 0) is 18.7 Å². The molecule has 0 bridgehead atoms. The van der Waals surface area contributed by atoms with Gasteiger partial charge in [0.2, 0.25) is 0 Å². The van der Waals surface area contributed by atoms with Gasteiger partial charge in [-0.1, -0.05) is 25.1 Å². The van der Waals surface area contributed by atoms with Gasteiger partial charge in [0.1, 0.15) is 5.58 Å². The maximum absolute atomic E-state index is 12.4. The molecule has 1 fully saturated rings. The van der Waals surface area contributed by atoms with Crippen molar-refractivity contribution in [2.24, 2.45) is 0 Å². The van der Waals surface area contributed by atoms with Gasteiger partial charge in [0.25, 0.3) is 5.91 Å². The van der Waals surface area contributed by atoms with Gasteiger partial charge < -0.3 is 14.2 Å². The number of piperazine rings is 1. The van der Waals surface area contributed by atoms with Gasteiger partial charge in [-0.25, -0.2) is 0 Å². The van der Waals surface area contributed by atoms with Crippen molar-refractivity contribution >= 4 is 16.9 Å². The minimum absolute atomic E-state index is 0.00644. The van der Waals surface area contributed by atoms with E-state index in [1.54, 1.807) is 0 Å². The van der Waals surface area contributed by atoms with Crippen molar-refractivity contribution in [3.63, 3.8) is 0 Å². The van der Waals surface area contributed by atoms with Crippen LogP contribution in [0.3, 0.4) is 0 Å². The van der Waals surface area contributed by atoms with Crippen LogP contribution in [0.5, 0.6) is 0 Å². The van der Waals surface area contributed by atoms with E-state index in [9.17, 15) is 4.79 Å². The molecule has 2 aromatic rings. The molecule has 100 valence electrons. The lowest BCUT2D eigenvalue weighted by Gasteiger charge is -2.33. The number of rotatable bonds is 2. The average Bonchev–Trinajstić information content (AvgIpc) is 2.90. The summed E-state index contributed by atoms with van der Waals surface area (Å²) in [6.45, 7) is 6.65. The summed E-state index contributed by atoms with van der Waals surface area (Å²) in [5.74, 6) is 0.457. The number of furan rings is 1. The van der Waals surface area contributed by atoms with Crippen LogP contribution in [0.1, 0.15) is 17.5 Å². The minimum atomic E-state index is 0.00644. The summed E-state index contributed by atoms with van der Waals surface area (Å²) < 4.78 is 5.63. The predicted octanol–water partition coefficient (Wildman–Crippen LogP) is 2.21.